The smallest absolute Gasteiger partial charge is 0.256 e. The molecule has 4 nitrogen and oxygen atoms in total. The van der Waals surface area contributed by atoms with Crippen LogP contribution in [0.15, 0.2) is 31.0 Å². The van der Waals surface area contributed by atoms with Crippen LogP contribution < -0.4 is 5.43 Å². The number of thioether (sulfide) groups is 1. The van der Waals surface area contributed by atoms with Gasteiger partial charge in [-0.05, 0) is 31.7 Å². The minimum atomic E-state index is -0.00616. The van der Waals surface area contributed by atoms with Crippen LogP contribution in [0.5, 0.6) is 0 Å². The van der Waals surface area contributed by atoms with Crippen LogP contribution in [0.4, 0.5) is 0 Å². The van der Waals surface area contributed by atoms with E-state index in [0.717, 1.165) is 5.75 Å². The van der Waals surface area contributed by atoms with E-state index >= 15 is 0 Å². The van der Waals surface area contributed by atoms with Crippen LogP contribution in [0.25, 0.3) is 22.1 Å². The number of hydrogen-bond donors (Lipinski definition) is 0. The molecule has 3 aromatic rings. The Morgan fingerprint density at radius 1 is 1.26 bits per heavy atom. The zero-order valence-corrected chi connectivity index (χ0v) is 11.8. The van der Waals surface area contributed by atoms with Crippen LogP contribution in [0.2, 0.25) is 0 Å². The maximum Gasteiger partial charge on any atom is 0.256 e. The number of benzene rings is 1. The molecule has 0 atom stereocenters. The van der Waals surface area contributed by atoms with Gasteiger partial charge in [0.15, 0.2) is 22.1 Å². The zero-order chi connectivity index (χ0) is 13.6. The van der Waals surface area contributed by atoms with Crippen molar-refractivity contribution in [3.63, 3.8) is 0 Å². The summed E-state index contributed by atoms with van der Waals surface area (Å²) in [6, 6.07) is 3.51. The van der Waals surface area contributed by atoms with Gasteiger partial charge in [-0.1, -0.05) is 18.7 Å². The van der Waals surface area contributed by atoms with Crippen LogP contribution in [0.1, 0.15) is 18.2 Å². The summed E-state index contributed by atoms with van der Waals surface area (Å²) in [4.78, 5) is 16.6. The SMILES string of the molecule is CCSc1nc2c(ccc3c(=O)c(C)c(C)oc32)o1. The fraction of sp³-hybridized carbons (Fsp3) is 0.286. The van der Waals surface area contributed by atoms with E-state index in [1.54, 1.807) is 26.0 Å². The van der Waals surface area contributed by atoms with Crippen molar-refractivity contribution >= 4 is 33.8 Å². The zero-order valence-electron chi connectivity index (χ0n) is 10.9. The van der Waals surface area contributed by atoms with Gasteiger partial charge in [0.25, 0.3) is 5.22 Å². The first-order chi connectivity index (χ1) is 9.11. The lowest BCUT2D eigenvalue weighted by Gasteiger charge is -2.01. The summed E-state index contributed by atoms with van der Waals surface area (Å²) in [7, 11) is 0. The largest absolute Gasteiger partial charge is 0.458 e. The second-order valence-corrected chi connectivity index (χ2v) is 5.53. The number of aromatic nitrogens is 1. The van der Waals surface area contributed by atoms with E-state index in [2.05, 4.69) is 4.98 Å². The Kier molecular flexibility index (Phi) is 2.86. The van der Waals surface area contributed by atoms with Crippen molar-refractivity contribution in [3.8, 4) is 0 Å². The number of nitrogens with zero attached hydrogens (tertiary/aromatic N) is 1. The van der Waals surface area contributed by atoms with Gasteiger partial charge in [-0.3, -0.25) is 4.79 Å². The van der Waals surface area contributed by atoms with E-state index in [-0.39, 0.29) is 5.43 Å². The highest BCUT2D eigenvalue weighted by Crippen LogP contribution is 2.29. The lowest BCUT2D eigenvalue weighted by molar-refractivity contribution is 0.489. The van der Waals surface area contributed by atoms with Crippen molar-refractivity contribution in [2.75, 3.05) is 5.75 Å². The first-order valence-corrected chi connectivity index (χ1v) is 7.06. The summed E-state index contributed by atoms with van der Waals surface area (Å²) in [5.41, 5.74) is 2.41. The third kappa shape index (κ3) is 1.85. The predicted octanol–water partition coefficient (Wildman–Crippen LogP) is 3.66. The van der Waals surface area contributed by atoms with Crippen LogP contribution >= 0.6 is 11.8 Å². The third-order valence-electron chi connectivity index (χ3n) is 3.13. The van der Waals surface area contributed by atoms with Gasteiger partial charge in [0.2, 0.25) is 0 Å². The standard InChI is InChI=1S/C14H13NO3S/c1-4-19-14-15-11-10(18-14)6-5-9-12(16)7(2)8(3)17-13(9)11/h5-6H,4H2,1-3H3. The Bertz CT molecular complexity index is 832. The average molecular weight is 275 g/mol. The molecular formula is C14H13NO3S. The molecule has 2 heterocycles. The Morgan fingerprint density at radius 2 is 2.05 bits per heavy atom. The maximum atomic E-state index is 12.2. The number of aryl methyl sites for hydroxylation is 1. The summed E-state index contributed by atoms with van der Waals surface area (Å²) in [5, 5.41) is 1.16. The molecule has 3 rings (SSSR count). The summed E-state index contributed by atoms with van der Waals surface area (Å²) in [6.45, 7) is 5.59. The van der Waals surface area contributed by atoms with Crippen molar-refractivity contribution < 1.29 is 8.83 Å². The number of rotatable bonds is 2. The molecule has 1 aromatic carbocycles. The molecule has 0 aliphatic carbocycles. The van der Waals surface area contributed by atoms with Gasteiger partial charge in [0.05, 0.1) is 5.39 Å². The quantitative estimate of drug-likeness (QED) is 0.668. The Morgan fingerprint density at radius 3 is 2.79 bits per heavy atom. The van der Waals surface area contributed by atoms with Gasteiger partial charge < -0.3 is 8.83 Å². The van der Waals surface area contributed by atoms with Crippen molar-refractivity contribution in [1.29, 1.82) is 0 Å². The van der Waals surface area contributed by atoms with E-state index < -0.39 is 0 Å². The molecule has 2 aromatic heterocycles. The van der Waals surface area contributed by atoms with Crippen molar-refractivity contribution in [2.24, 2.45) is 0 Å². The molecule has 0 aliphatic rings. The van der Waals surface area contributed by atoms with Gasteiger partial charge in [-0.2, -0.15) is 4.98 Å². The van der Waals surface area contributed by atoms with Gasteiger partial charge >= 0.3 is 0 Å². The summed E-state index contributed by atoms with van der Waals surface area (Å²) in [5.74, 6) is 1.50. The van der Waals surface area contributed by atoms with E-state index in [9.17, 15) is 4.79 Å². The molecule has 0 amide bonds. The highest BCUT2D eigenvalue weighted by Gasteiger charge is 2.15. The molecule has 0 bridgehead atoms. The molecule has 19 heavy (non-hydrogen) atoms. The van der Waals surface area contributed by atoms with E-state index in [1.807, 2.05) is 6.92 Å². The van der Waals surface area contributed by atoms with Crippen molar-refractivity contribution in [1.82, 2.24) is 4.98 Å². The minimum Gasteiger partial charge on any atom is -0.458 e. The lowest BCUT2D eigenvalue weighted by Crippen LogP contribution is -2.07. The number of hydrogen-bond acceptors (Lipinski definition) is 5. The molecule has 0 aliphatic heterocycles. The van der Waals surface area contributed by atoms with Crippen molar-refractivity contribution in [3.05, 3.63) is 33.7 Å². The molecule has 0 saturated heterocycles. The van der Waals surface area contributed by atoms with Gasteiger partial charge in [-0.25, -0.2) is 0 Å². The van der Waals surface area contributed by atoms with Crippen LogP contribution in [-0.4, -0.2) is 10.7 Å². The molecule has 0 N–H and O–H groups in total. The first-order valence-electron chi connectivity index (χ1n) is 6.08. The van der Waals surface area contributed by atoms with Crippen LogP contribution in [0, 0.1) is 13.8 Å². The Balaban J connectivity index is 2.42. The number of oxazole rings is 1. The van der Waals surface area contributed by atoms with Gasteiger partial charge in [0, 0.05) is 5.56 Å². The normalized spacial score (nSPS) is 11.5. The fourth-order valence-electron chi connectivity index (χ4n) is 2.01. The fourth-order valence-corrected chi connectivity index (χ4v) is 2.56. The highest BCUT2D eigenvalue weighted by molar-refractivity contribution is 7.99. The highest BCUT2D eigenvalue weighted by atomic mass is 32.2. The van der Waals surface area contributed by atoms with Gasteiger partial charge in [-0.15, -0.1) is 0 Å². The van der Waals surface area contributed by atoms with E-state index in [0.29, 0.717) is 38.6 Å². The molecule has 0 radical (unpaired) electrons. The second-order valence-electron chi connectivity index (χ2n) is 4.31. The van der Waals surface area contributed by atoms with Crippen LogP contribution in [0.3, 0.4) is 0 Å². The number of fused-ring (bicyclic) bond motifs is 3. The third-order valence-corrected chi connectivity index (χ3v) is 3.84. The van der Waals surface area contributed by atoms with Crippen molar-refractivity contribution in [2.45, 2.75) is 26.0 Å². The summed E-state index contributed by atoms with van der Waals surface area (Å²) >= 11 is 1.52. The first kappa shape index (κ1) is 12.3. The molecule has 5 heteroatoms. The minimum absolute atomic E-state index is 0.00616. The molecule has 0 saturated carbocycles. The van der Waals surface area contributed by atoms with Crippen LogP contribution in [-0.2, 0) is 0 Å². The maximum absolute atomic E-state index is 12.2. The molecular weight excluding hydrogens is 262 g/mol. The average Bonchev–Trinajstić information content (AvgIpc) is 2.79. The Labute approximate surface area is 113 Å². The molecule has 0 spiro atoms. The second kappa shape index (κ2) is 4.42. The molecule has 98 valence electrons. The summed E-state index contributed by atoms with van der Waals surface area (Å²) < 4.78 is 11.4. The monoisotopic (exact) mass is 275 g/mol. The van der Waals surface area contributed by atoms with E-state index in [1.165, 1.54) is 11.8 Å². The molecule has 0 unspecified atom stereocenters. The van der Waals surface area contributed by atoms with E-state index in [4.69, 9.17) is 8.83 Å². The Hall–Kier alpha value is -1.75. The van der Waals surface area contributed by atoms with Gasteiger partial charge in [0.1, 0.15) is 5.76 Å². The predicted molar refractivity (Wildman–Crippen MR) is 75.9 cm³/mol. The topological polar surface area (TPSA) is 56.2 Å². The molecule has 0 fully saturated rings. The lowest BCUT2D eigenvalue weighted by atomic mass is 10.1. The summed E-state index contributed by atoms with van der Waals surface area (Å²) in [6.07, 6.45) is 0.